The topological polar surface area (TPSA) is 108 Å². The number of carbonyl (C=O) groups is 1. The van der Waals surface area contributed by atoms with Crippen molar-refractivity contribution in [3.05, 3.63) is 95.6 Å². The number of rotatable bonds is 6. The van der Waals surface area contributed by atoms with Gasteiger partial charge in [0, 0.05) is 11.6 Å². The molecule has 1 heterocycles. The molecule has 0 bridgehead atoms. The van der Waals surface area contributed by atoms with Crippen LogP contribution in [0, 0.1) is 0 Å². The summed E-state index contributed by atoms with van der Waals surface area (Å²) in [6, 6.07) is 23.8. The van der Waals surface area contributed by atoms with Gasteiger partial charge in [-0.2, -0.15) is 5.48 Å². The maximum Gasteiger partial charge on any atom is 0.337 e. The lowest BCUT2D eigenvalue weighted by atomic mass is 10.1. The molecule has 0 radical (unpaired) electrons. The molecule has 3 aromatic rings. The Hall–Kier alpha value is -3.39. The summed E-state index contributed by atoms with van der Waals surface area (Å²) in [7, 11) is 0. The molecule has 7 heteroatoms. The van der Waals surface area contributed by atoms with Crippen molar-refractivity contribution in [2.24, 2.45) is 0 Å². The van der Waals surface area contributed by atoms with Gasteiger partial charge >= 0.3 is 5.97 Å². The molecule has 3 aromatic carbocycles. The summed E-state index contributed by atoms with van der Waals surface area (Å²) in [5.74, 6) is 0.300. The lowest BCUT2D eigenvalue weighted by Crippen LogP contribution is -2.17. The van der Waals surface area contributed by atoms with Gasteiger partial charge in [0.05, 0.1) is 6.04 Å². The van der Waals surface area contributed by atoms with Crippen molar-refractivity contribution in [2.75, 3.05) is 6.61 Å². The third-order valence-electron chi connectivity index (χ3n) is 4.52. The lowest BCUT2D eigenvalue weighted by Gasteiger charge is -2.08. The first-order valence-corrected chi connectivity index (χ1v) is 9.37. The Morgan fingerprint density at radius 2 is 1.73 bits per heavy atom. The summed E-state index contributed by atoms with van der Waals surface area (Å²) in [6.45, 7) is 0.968. The van der Waals surface area contributed by atoms with Crippen molar-refractivity contribution in [3.63, 3.8) is 0 Å². The molecule has 0 aromatic heterocycles. The molecule has 0 amide bonds. The molecule has 4 rings (SSSR count). The van der Waals surface area contributed by atoms with Gasteiger partial charge in [0.1, 0.15) is 24.7 Å². The fourth-order valence-electron chi connectivity index (χ4n) is 2.91. The van der Waals surface area contributed by atoms with Crippen LogP contribution >= 0.6 is 0 Å². The molecule has 0 fully saturated rings. The predicted molar refractivity (Wildman–Crippen MR) is 109 cm³/mol. The molecule has 156 valence electrons. The standard InChI is InChI=1S/C15H15NO3.C8H8O3/c17-16-14-10-19-15-8-12(6-7-13(14)15)18-9-11-4-2-1-3-5-11;9-7(8(10)11)6-4-2-1-3-5-6/h1-8,14,16-17H,9-10H2;1-5,7,9H,(H,10,11)/t14-;7-/m01/s1. The van der Waals surface area contributed by atoms with E-state index >= 15 is 0 Å². The first-order chi connectivity index (χ1) is 14.6. The molecule has 7 nitrogen and oxygen atoms in total. The van der Waals surface area contributed by atoms with Gasteiger partial charge in [-0.15, -0.1) is 0 Å². The van der Waals surface area contributed by atoms with Crippen LogP contribution < -0.4 is 15.0 Å². The Morgan fingerprint density at radius 1 is 1.07 bits per heavy atom. The number of fused-ring (bicyclic) bond motifs is 1. The monoisotopic (exact) mass is 409 g/mol. The van der Waals surface area contributed by atoms with Crippen molar-refractivity contribution >= 4 is 5.97 Å². The van der Waals surface area contributed by atoms with E-state index in [4.69, 9.17) is 24.9 Å². The average Bonchev–Trinajstić information content (AvgIpc) is 3.21. The molecule has 0 saturated heterocycles. The average molecular weight is 409 g/mol. The number of benzene rings is 3. The minimum Gasteiger partial charge on any atom is -0.491 e. The van der Waals surface area contributed by atoms with E-state index in [0.717, 1.165) is 22.6 Å². The molecule has 1 aliphatic rings. The number of aliphatic hydroxyl groups is 1. The number of carboxylic acid groups (broad SMARTS) is 1. The van der Waals surface area contributed by atoms with Crippen LogP contribution in [0.3, 0.4) is 0 Å². The molecule has 0 saturated carbocycles. The second-order valence-electron chi connectivity index (χ2n) is 6.62. The number of hydroxylamine groups is 1. The molecule has 0 unspecified atom stereocenters. The van der Waals surface area contributed by atoms with Crippen LogP contribution in [0.25, 0.3) is 0 Å². The zero-order valence-corrected chi connectivity index (χ0v) is 16.1. The Balaban J connectivity index is 0.000000199. The quantitative estimate of drug-likeness (QED) is 0.462. The highest BCUT2D eigenvalue weighted by atomic mass is 16.5. The Kier molecular flexibility index (Phi) is 7.40. The molecule has 0 aliphatic carbocycles. The third-order valence-corrected chi connectivity index (χ3v) is 4.52. The van der Waals surface area contributed by atoms with Gasteiger partial charge in [-0.25, -0.2) is 4.79 Å². The largest absolute Gasteiger partial charge is 0.491 e. The fraction of sp³-hybridized carbons (Fsp3) is 0.174. The third kappa shape index (κ3) is 5.57. The maximum atomic E-state index is 10.2. The number of aliphatic carboxylic acids is 1. The van der Waals surface area contributed by atoms with Gasteiger partial charge in [-0.1, -0.05) is 60.7 Å². The van der Waals surface area contributed by atoms with Crippen LogP contribution in [0.5, 0.6) is 11.5 Å². The van der Waals surface area contributed by atoms with E-state index in [-0.39, 0.29) is 6.04 Å². The van der Waals surface area contributed by atoms with E-state index in [1.807, 2.05) is 48.5 Å². The number of hydrogen-bond donors (Lipinski definition) is 4. The summed E-state index contributed by atoms with van der Waals surface area (Å²) in [5, 5.41) is 26.4. The van der Waals surface area contributed by atoms with E-state index in [1.54, 1.807) is 30.3 Å². The lowest BCUT2D eigenvalue weighted by molar-refractivity contribution is -0.146. The zero-order chi connectivity index (χ0) is 21.3. The summed E-state index contributed by atoms with van der Waals surface area (Å²) >= 11 is 0. The second-order valence-corrected chi connectivity index (χ2v) is 6.62. The first-order valence-electron chi connectivity index (χ1n) is 9.37. The van der Waals surface area contributed by atoms with Crippen LogP contribution in [0.4, 0.5) is 0 Å². The van der Waals surface area contributed by atoms with E-state index in [2.05, 4.69) is 5.48 Å². The Labute approximate surface area is 174 Å². The molecule has 0 spiro atoms. The molecule has 30 heavy (non-hydrogen) atoms. The SMILES string of the molecule is O=C(O)[C@H](O)c1ccccc1.ON[C@H]1COc2cc(OCc3ccccc3)ccc21. The van der Waals surface area contributed by atoms with Gasteiger partial charge < -0.3 is 24.9 Å². The highest BCUT2D eigenvalue weighted by molar-refractivity contribution is 5.73. The van der Waals surface area contributed by atoms with Crippen molar-refractivity contribution in [1.82, 2.24) is 5.48 Å². The van der Waals surface area contributed by atoms with Gasteiger partial charge in [0.2, 0.25) is 0 Å². The van der Waals surface area contributed by atoms with Gasteiger partial charge in [0.15, 0.2) is 6.10 Å². The summed E-state index contributed by atoms with van der Waals surface area (Å²) < 4.78 is 11.2. The van der Waals surface area contributed by atoms with Crippen LogP contribution in [0.15, 0.2) is 78.9 Å². The van der Waals surface area contributed by atoms with E-state index in [1.165, 1.54) is 0 Å². The van der Waals surface area contributed by atoms with Crippen molar-refractivity contribution in [3.8, 4) is 11.5 Å². The number of aliphatic hydroxyl groups excluding tert-OH is 1. The molecular weight excluding hydrogens is 386 g/mol. The minimum absolute atomic E-state index is 0.154. The summed E-state index contributed by atoms with van der Waals surface area (Å²) in [5.41, 5.74) is 4.71. The molecule has 4 N–H and O–H groups in total. The molecule has 1 aliphatic heterocycles. The van der Waals surface area contributed by atoms with Gasteiger partial charge in [-0.3, -0.25) is 0 Å². The number of hydrogen-bond acceptors (Lipinski definition) is 6. The summed E-state index contributed by atoms with van der Waals surface area (Å²) in [6.07, 6.45) is -1.41. The number of carboxylic acids is 1. The predicted octanol–water partition coefficient (Wildman–Crippen LogP) is 3.48. The van der Waals surface area contributed by atoms with E-state index in [0.29, 0.717) is 18.8 Å². The first kappa shape index (κ1) is 21.3. The second kappa shape index (κ2) is 10.4. The zero-order valence-electron chi connectivity index (χ0n) is 16.1. The maximum absolute atomic E-state index is 10.2. The smallest absolute Gasteiger partial charge is 0.337 e. The Bertz CT molecular complexity index is 948. The van der Waals surface area contributed by atoms with Crippen LogP contribution in [0.1, 0.15) is 28.8 Å². The van der Waals surface area contributed by atoms with E-state index in [9.17, 15) is 4.79 Å². The number of ether oxygens (including phenoxy) is 2. The normalized spacial score (nSPS) is 15.2. The summed E-state index contributed by atoms with van der Waals surface area (Å²) in [4.78, 5) is 10.2. The fourth-order valence-corrected chi connectivity index (χ4v) is 2.91. The highest BCUT2D eigenvalue weighted by Crippen LogP contribution is 2.35. The molecule has 2 atom stereocenters. The van der Waals surface area contributed by atoms with Gasteiger partial charge in [0.25, 0.3) is 0 Å². The number of nitrogens with one attached hydrogen (secondary N) is 1. The van der Waals surface area contributed by atoms with Crippen LogP contribution in [-0.4, -0.2) is 28.0 Å². The minimum atomic E-state index is -1.41. The van der Waals surface area contributed by atoms with Crippen molar-refractivity contribution in [1.29, 1.82) is 0 Å². The van der Waals surface area contributed by atoms with Crippen molar-refractivity contribution in [2.45, 2.75) is 18.8 Å². The molecular formula is C23H23NO6. The van der Waals surface area contributed by atoms with Crippen molar-refractivity contribution < 1.29 is 29.7 Å². The van der Waals surface area contributed by atoms with Crippen LogP contribution in [-0.2, 0) is 11.4 Å². The Morgan fingerprint density at radius 3 is 2.37 bits per heavy atom. The highest BCUT2D eigenvalue weighted by Gasteiger charge is 2.23. The van der Waals surface area contributed by atoms with Crippen LogP contribution in [0.2, 0.25) is 0 Å². The van der Waals surface area contributed by atoms with E-state index < -0.39 is 12.1 Å². The van der Waals surface area contributed by atoms with Gasteiger partial charge in [-0.05, 0) is 23.3 Å².